The second kappa shape index (κ2) is 6.00. The Morgan fingerprint density at radius 1 is 1.18 bits per heavy atom. The van der Waals surface area contributed by atoms with E-state index in [2.05, 4.69) is 15.5 Å². The Morgan fingerprint density at radius 2 is 1.91 bits per heavy atom. The van der Waals surface area contributed by atoms with E-state index >= 15 is 0 Å². The molecule has 0 fully saturated rings. The van der Waals surface area contributed by atoms with Gasteiger partial charge in [0.1, 0.15) is 0 Å². The quantitative estimate of drug-likeness (QED) is 0.398. The number of pyridine rings is 1. The van der Waals surface area contributed by atoms with Crippen molar-refractivity contribution in [3.63, 3.8) is 0 Å². The Morgan fingerprint density at radius 3 is 2.64 bits per heavy atom. The van der Waals surface area contributed by atoms with Gasteiger partial charge in [-0.1, -0.05) is 18.2 Å². The fourth-order valence-corrected chi connectivity index (χ4v) is 1.83. The first-order chi connectivity index (χ1) is 10.7. The number of ether oxygens (including phenoxy) is 1. The first-order valence-electron chi connectivity index (χ1n) is 6.42. The van der Waals surface area contributed by atoms with Crippen molar-refractivity contribution in [3.05, 3.63) is 71.5 Å². The summed E-state index contributed by atoms with van der Waals surface area (Å²) in [6, 6.07) is 12.0. The Labute approximate surface area is 125 Å². The second-order valence-electron chi connectivity index (χ2n) is 4.37. The number of carbonyl (C=O) groups is 1. The van der Waals surface area contributed by atoms with Gasteiger partial charge in [0.15, 0.2) is 24.8 Å². The van der Waals surface area contributed by atoms with Crippen LogP contribution < -0.4 is 4.73 Å². The molecule has 110 valence electrons. The number of para-hydroxylation sites is 1. The highest BCUT2D eigenvalue weighted by Gasteiger charge is 2.13. The number of esters is 1. The van der Waals surface area contributed by atoms with Gasteiger partial charge in [0.05, 0.1) is 11.3 Å². The summed E-state index contributed by atoms with van der Waals surface area (Å²) < 4.78 is 7.24. The van der Waals surface area contributed by atoms with E-state index in [4.69, 9.17) is 4.74 Å². The number of hydrogen-bond donors (Lipinski definition) is 0. The lowest BCUT2D eigenvalue weighted by molar-refractivity contribution is -0.605. The van der Waals surface area contributed by atoms with Gasteiger partial charge in [-0.2, -0.15) is 9.41 Å². The van der Waals surface area contributed by atoms with Gasteiger partial charge in [0, 0.05) is 12.1 Å². The lowest BCUT2D eigenvalue weighted by atomic mass is 10.3. The fraction of sp³-hybridized carbons (Fsp3) is 0.0714. The number of rotatable bonds is 4. The van der Waals surface area contributed by atoms with Crippen molar-refractivity contribution in [2.45, 2.75) is 6.61 Å². The van der Waals surface area contributed by atoms with Crippen LogP contribution in [0.3, 0.4) is 0 Å². The smallest absolute Gasteiger partial charge is 0.339 e. The Bertz CT molecular complexity index is 771. The molecule has 0 amide bonds. The van der Waals surface area contributed by atoms with Crippen LogP contribution in [0.15, 0.2) is 54.9 Å². The molecule has 0 saturated heterocycles. The van der Waals surface area contributed by atoms with Gasteiger partial charge in [-0.3, -0.25) is 0 Å². The van der Waals surface area contributed by atoms with E-state index in [0.717, 1.165) is 5.69 Å². The van der Waals surface area contributed by atoms with Crippen LogP contribution in [0, 0.1) is 5.21 Å². The zero-order chi connectivity index (χ0) is 15.4. The van der Waals surface area contributed by atoms with Crippen molar-refractivity contribution >= 4 is 5.97 Å². The highest BCUT2D eigenvalue weighted by Crippen LogP contribution is 2.08. The van der Waals surface area contributed by atoms with Crippen LogP contribution in [0.1, 0.15) is 16.2 Å². The molecule has 8 heteroatoms. The van der Waals surface area contributed by atoms with Gasteiger partial charge in [0.25, 0.3) is 0 Å². The molecule has 22 heavy (non-hydrogen) atoms. The number of benzene rings is 1. The number of nitrogens with zero attached hydrogens (tertiary/aromatic N) is 5. The van der Waals surface area contributed by atoms with Crippen LogP contribution in [-0.2, 0) is 11.3 Å². The average molecular weight is 297 g/mol. The van der Waals surface area contributed by atoms with Gasteiger partial charge in [-0.25, -0.2) is 4.79 Å². The standard InChI is InChI=1S/C14H11N5O3/c20-14(11-6-8-18(21)9-7-11)22-10-13-15-16-17-19(13)12-4-2-1-3-5-12/h1-9H,10H2. The molecule has 1 aromatic carbocycles. The minimum Gasteiger partial charge on any atom is -0.619 e. The minimum atomic E-state index is -0.553. The summed E-state index contributed by atoms with van der Waals surface area (Å²) in [5.74, 6) is -0.155. The van der Waals surface area contributed by atoms with Gasteiger partial charge < -0.3 is 9.94 Å². The molecular weight excluding hydrogens is 286 g/mol. The van der Waals surface area contributed by atoms with Crippen molar-refractivity contribution in [1.82, 2.24) is 20.2 Å². The molecular formula is C14H11N5O3. The molecule has 3 rings (SSSR count). The fourth-order valence-electron chi connectivity index (χ4n) is 1.83. The molecule has 3 aromatic rings. The maximum Gasteiger partial charge on any atom is 0.339 e. The Balaban J connectivity index is 1.71. The van der Waals surface area contributed by atoms with E-state index in [9.17, 15) is 10.0 Å². The van der Waals surface area contributed by atoms with Gasteiger partial charge in [-0.05, 0) is 22.6 Å². The first-order valence-corrected chi connectivity index (χ1v) is 6.42. The van der Waals surface area contributed by atoms with Crippen molar-refractivity contribution in [2.75, 3.05) is 0 Å². The van der Waals surface area contributed by atoms with Crippen LogP contribution in [0.2, 0.25) is 0 Å². The second-order valence-corrected chi connectivity index (χ2v) is 4.37. The van der Waals surface area contributed by atoms with Crippen molar-refractivity contribution < 1.29 is 14.3 Å². The first kappa shape index (κ1) is 13.7. The number of aromatic nitrogens is 5. The summed E-state index contributed by atoms with van der Waals surface area (Å²) in [6.45, 7) is -0.0764. The molecule has 8 nitrogen and oxygen atoms in total. The molecule has 2 heterocycles. The third-order valence-corrected chi connectivity index (χ3v) is 2.90. The van der Waals surface area contributed by atoms with Crippen LogP contribution in [0.5, 0.6) is 0 Å². The molecule has 0 radical (unpaired) electrons. The molecule has 2 aromatic heterocycles. The largest absolute Gasteiger partial charge is 0.619 e. The van der Waals surface area contributed by atoms with E-state index < -0.39 is 5.97 Å². The molecule has 0 atom stereocenters. The SMILES string of the molecule is O=C(OCc1nnnn1-c1ccccc1)c1cc[n+]([O-])cc1. The molecule has 0 N–H and O–H groups in total. The number of tetrazole rings is 1. The van der Waals surface area contributed by atoms with E-state index in [-0.39, 0.29) is 12.2 Å². The van der Waals surface area contributed by atoms with E-state index in [1.807, 2.05) is 30.3 Å². The lowest BCUT2D eigenvalue weighted by Crippen LogP contribution is -2.24. The maximum atomic E-state index is 11.9. The zero-order valence-corrected chi connectivity index (χ0v) is 11.4. The Hall–Kier alpha value is -3.29. The molecule has 0 spiro atoms. The molecule has 0 aliphatic rings. The zero-order valence-electron chi connectivity index (χ0n) is 11.4. The monoisotopic (exact) mass is 297 g/mol. The van der Waals surface area contributed by atoms with Gasteiger partial charge >= 0.3 is 5.97 Å². The van der Waals surface area contributed by atoms with Crippen molar-refractivity contribution in [3.8, 4) is 5.69 Å². The third-order valence-electron chi connectivity index (χ3n) is 2.90. The molecule has 0 saturated carbocycles. The summed E-state index contributed by atoms with van der Waals surface area (Å²) in [7, 11) is 0. The van der Waals surface area contributed by atoms with Gasteiger partial charge in [0.2, 0.25) is 0 Å². The summed E-state index contributed by atoms with van der Waals surface area (Å²) in [4.78, 5) is 11.9. The number of hydrogen-bond acceptors (Lipinski definition) is 6. The van der Waals surface area contributed by atoms with Crippen molar-refractivity contribution in [2.24, 2.45) is 0 Å². The molecule has 0 bridgehead atoms. The highest BCUT2D eigenvalue weighted by molar-refractivity contribution is 5.88. The highest BCUT2D eigenvalue weighted by atomic mass is 16.5. The van der Waals surface area contributed by atoms with E-state index in [0.29, 0.717) is 10.6 Å². The normalized spacial score (nSPS) is 10.4. The maximum absolute atomic E-state index is 11.9. The van der Waals surface area contributed by atoms with E-state index in [1.54, 1.807) is 0 Å². The molecule has 0 aliphatic carbocycles. The van der Waals surface area contributed by atoms with Crippen LogP contribution >= 0.6 is 0 Å². The molecule has 0 unspecified atom stereocenters. The van der Waals surface area contributed by atoms with Crippen LogP contribution in [0.25, 0.3) is 5.69 Å². The minimum absolute atomic E-state index is 0.0764. The van der Waals surface area contributed by atoms with E-state index in [1.165, 1.54) is 29.2 Å². The van der Waals surface area contributed by atoms with Gasteiger partial charge in [-0.15, -0.1) is 5.10 Å². The predicted octanol–water partition coefficient (Wildman–Crippen LogP) is 0.653. The predicted molar refractivity (Wildman–Crippen MR) is 73.7 cm³/mol. The summed E-state index contributed by atoms with van der Waals surface area (Å²) >= 11 is 0. The van der Waals surface area contributed by atoms with Crippen LogP contribution in [-0.4, -0.2) is 26.2 Å². The Kier molecular flexibility index (Phi) is 3.73. The summed E-state index contributed by atoms with van der Waals surface area (Å²) in [6.07, 6.45) is 2.45. The molecule has 0 aliphatic heterocycles. The third kappa shape index (κ3) is 2.90. The average Bonchev–Trinajstić information content (AvgIpc) is 3.02. The number of carbonyl (C=O) groups excluding carboxylic acids is 1. The lowest BCUT2D eigenvalue weighted by Gasteiger charge is -2.05. The van der Waals surface area contributed by atoms with Crippen LogP contribution in [0.4, 0.5) is 0 Å². The summed E-state index contributed by atoms with van der Waals surface area (Å²) in [5.41, 5.74) is 1.05. The summed E-state index contributed by atoms with van der Waals surface area (Å²) in [5, 5.41) is 22.2. The van der Waals surface area contributed by atoms with Crippen molar-refractivity contribution in [1.29, 1.82) is 0 Å². The topological polar surface area (TPSA) is 96.8 Å².